The molecule has 0 unspecified atom stereocenters. The maximum atomic E-state index is 11.3. The van der Waals surface area contributed by atoms with E-state index in [1.54, 1.807) is 48.8 Å². The molecule has 0 bridgehead atoms. The van der Waals surface area contributed by atoms with Crippen LogP contribution in [0, 0.1) is 0 Å². The number of aromatic hydroxyl groups is 2. The predicted molar refractivity (Wildman–Crippen MR) is 233 cm³/mol. The van der Waals surface area contributed by atoms with Crippen LogP contribution in [0.15, 0.2) is 60.9 Å². The van der Waals surface area contributed by atoms with Gasteiger partial charge in [0, 0.05) is 60.5 Å². The number of benzene rings is 2. The van der Waals surface area contributed by atoms with Crippen molar-refractivity contribution < 1.29 is 71.5 Å². The van der Waals surface area contributed by atoms with Crippen LogP contribution in [0.25, 0.3) is 21.8 Å². The van der Waals surface area contributed by atoms with E-state index >= 15 is 0 Å². The number of Topliss-reactive ketones (excluding diaryl/α,β-unsaturated/α-hetero) is 2. The molecule has 0 atom stereocenters. The number of hydrogen-bond donors (Lipinski definition) is 8. The van der Waals surface area contributed by atoms with Crippen LogP contribution in [0.2, 0.25) is 0 Å². The third kappa shape index (κ3) is 27.7. The third-order valence-corrected chi connectivity index (χ3v) is 6.74. The molecule has 55 heavy (non-hydrogen) atoms. The van der Waals surface area contributed by atoms with Gasteiger partial charge in [0.05, 0.1) is 0 Å². The molecule has 0 saturated heterocycles. The first kappa shape index (κ1) is 56.9. The summed E-state index contributed by atoms with van der Waals surface area (Å²) in [5.74, 6) is 0.155. The van der Waals surface area contributed by atoms with E-state index in [1.807, 2.05) is 0 Å². The van der Waals surface area contributed by atoms with Crippen LogP contribution in [0.3, 0.4) is 0 Å². The molecule has 4 rings (SSSR count). The van der Waals surface area contributed by atoms with Crippen LogP contribution in [-0.2, 0) is 95.1 Å². The average molecular weight is 1000 g/mol. The summed E-state index contributed by atoms with van der Waals surface area (Å²) in [5.41, 5.74) is 2.12. The normalized spacial score (nSPS) is 9.38. The van der Waals surface area contributed by atoms with Gasteiger partial charge in [-0.3, -0.25) is 28.7 Å². The van der Waals surface area contributed by atoms with Gasteiger partial charge in [0.15, 0.2) is 11.6 Å². The Balaban J connectivity index is -0.000000630. The largest absolute Gasteiger partial charge is 2.00 e. The second kappa shape index (κ2) is 30.7. The summed E-state index contributed by atoms with van der Waals surface area (Å²) < 4.78 is 33.1. The Bertz CT molecular complexity index is 1850. The summed E-state index contributed by atoms with van der Waals surface area (Å²) in [6, 6.07) is 13.3. The van der Waals surface area contributed by atoms with Crippen LogP contribution < -0.4 is 21.3 Å². The summed E-state index contributed by atoms with van der Waals surface area (Å²) >= 11 is 36.7. The summed E-state index contributed by atoms with van der Waals surface area (Å²) in [5, 5.41) is 31.5. The summed E-state index contributed by atoms with van der Waals surface area (Å²) in [6.45, 7) is 5.66. The molecule has 0 aliphatic carbocycles. The van der Waals surface area contributed by atoms with Crippen LogP contribution in [0.5, 0.6) is 11.5 Å². The predicted octanol–water partition coefficient (Wildman–Crippen LogP) is 3.29. The van der Waals surface area contributed by atoms with Crippen LogP contribution in [0.1, 0.15) is 34.6 Å². The zero-order chi connectivity index (χ0) is 40.7. The molecule has 2 radical (unpaired) electrons. The molecule has 8 N–H and O–H groups in total. The SMILES string of the molecule is CC(=O)c1ccc(O)c2ncccc12.CC(=O)c1ccc(O)c2ncccc12.O=S(=O)(O)O.S=C([S-])NCCNC(=S)[S-].S=C([S-])NCCNC(=S)[S-].[Mn+2].[Mn+2]. The van der Waals surface area contributed by atoms with E-state index < -0.39 is 10.4 Å². The van der Waals surface area contributed by atoms with Crippen LogP contribution in [0.4, 0.5) is 0 Å². The average Bonchev–Trinajstić information content (AvgIpc) is 3.05. The number of phenolic OH excluding ortho intramolecular Hbond substituents is 2. The summed E-state index contributed by atoms with van der Waals surface area (Å²) in [4.78, 5) is 30.6. The number of fused-ring (bicyclic) bond motifs is 2. The molecular formula is C30H32Mn2N6O8S9. The smallest absolute Gasteiger partial charge is 0.506 e. The Morgan fingerprint density at radius 2 is 0.855 bits per heavy atom. The number of nitrogens with one attached hydrogen (secondary N) is 4. The van der Waals surface area contributed by atoms with E-state index in [9.17, 15) is 19.8 Å². The quantitative estimate of drug-likeness (QED) is 0.0317. The van der Waals surface area contributed by atoms with Crippen molar-refractivity contribution in [3.05, 3.63) is 72.1 Å². The minimum atomic E-state index is -4.67. The van der Waals surface area contributed by atoms with Crippen LogP contribution >= 0.6 is 48.9 Å². The molecule has 4 aromatic rings. The van der Waals surface area contributed by atoms with E-state index in [0.717, 1.165) is 0 Å². The van der Waals surface area contributed by atoms with Gasteiger partial charge in [0.1, 0.15) is 22.5 Å². The molecule has 2 heterocycles. The first-order chi connectivity index (χ1) is 24.6. The fourth-order valence-corrected chi connectivity index (χ4v) is 4.40. The molecule has 0 fully saturated rings. The number of nitrogens with zero attached hydrogens (tertiary/aromatic N) is 2. The minimum absolute atomic E-state index is 0. The molecule has 2 aromatic heterocycles. The Kier molecular flexibility index (Phi) is 31.7. The molecule has 14 nitrogen and oxygen atoms in total. The molecule has 0 saturated carbocycles. The zero-order valence-corrected chi connectivity index (χ0v) is 38.1. The first-order valence-corrected chi connectivity index (χ1v) is 19.0. The second-order valence-electron chi connectivity index (χ2n) is 9.48. The first-order valence-electron chi connectivity index (χ1n) is 14.3. The number of phenols is 2. The molecule has 298 valence electrons. The number of pyridine rings is 2. The van der Waals surface area contributed by atoms with Crippen molar-refractivity contribution in [1.29, 1.82) is 0 Å². The molecule has 0 spiro atoms. The molecule has 0 amide bonds. The van der Waals surface area contributed by atoms with Gasteiger partial charge in [-0.1, -0.05) is 29.4 Å². The van der Waals surface area contributed by atoms with E-state index in [4.69, 9.17) is 17.5 Å². The number of carbonyl (C=O) groups excluding carboxylic acids is 2. The number of carbonyl (C=O) groups is 2. The molecule has 2 aromatic carbocycles. The summed E-state index contributed by atoms with van der Waals surface area (Å²) in [7, 11) is -4.67. The Morgan fingerprint density at radius 1 is 0.600 bits per heavy atom. The van der Waals surface area contributed by atoms with Gasteiger partial charge < -0.3 is 131 Å². The number of aromatic nitrogens is 2. The standard InChI is InChI=1S/2C11H9NO2.2C4H8N2S4.2Mn.H2O4S/c2*1-7(13)8-4-5-10(14)11-9(8)3-2-6-12-11;2*7-3(8)5-1-2-6-4(9)10;;;1-5(2,3)4/h2*2-6,14H,1H3;2*1-2H2,(H2,5,7,8)(H2,6,9,10);;;(H2,1,2,3,4)/q;;;;2*+2;/p-4. The summed E-state index contributed by atoms with van der Waals surface area (Å²) in [6.07, 6.45) is 3.18. The Labute approximate surface area is 383 Å². The number of rotatable bonds is 8. The molecule has 0 aliphatic rings. The minimum Gasteiger partial charge on any atom is -0.506 e. The third-order valence-electron chi connectivity index (χ3n) is 5.58. The van der Waals surface area contributed by atoms with Gasteiger partial charge in [0.2, 0.25) is 0 Å². The van der Waals surface area contributed by atoms with Gasteiger partial charge in [-0.15, -0.1) is 0 Å². The van der Waals surface area contributed by atoms with E-state index in [1.165, 1.54) is 26.0 Å². The fraction of sp³-hybridized carbons (Fsp3) is 0.200. The monoisotopic (exact) mass is 1000 g/mol. The van der Waals surface area contributed by atoms with Gasteiger partial charge in [-0.2, -0.15) is 8.42 Å². The van der Waals surface area contributed by atoms with Gasteiger partial charge in [-0.05, 0) is 50.2 Å². The second-order valence-corrected chi connectivity index (χ2v) is 14.7. The molecular weight excluding hydrogens is 971 g/mol. The number of ketones is 2. The van der Waals surface area contributed by atoms with Crippen molar-refractivity contribution in [3.8, 4) is 11.5 Å². The van der Waals surface area contributed by atoms with Crippen molar-refractivity contribution in [2.24, 2.45) is 0 Å². The molecule has 0 aliphatic heterocycles. The topological polar surface area (TPSA) is 223 Å². The number of thiocarbonyl (C=S) groups is 4. The van der Waals surface area contributed by atoms with Crippen molar-refractivity contribution in [2.45, 2.75) is 13.8 Å². The van der Waals surface area contributed by atoms with Gasteiger partial charge in [0.25, 0.3) is 0 Å². The van der Waals surface area contributed by atoms with Crippen molar-refractivity contribution in [2.75, 3.05) is 26.2 Å². The van der Waals surface area contributed by atoms with Crippen molar-refractivity contribution >= 4 is 160 Å². The molecule has 25 heteroatoms. The van der Waals surface area contributed by atoms with Gasteiger partial charge >= 0.3 is 44.5 Å². The maximum Gasteiger partial charge on any atom is 2.00 e. The van der Waals surface area contributed by atoms with Crippen LogP contribution in [-0.4, -0.2) is 92.7 Å². The maximum absolute atomic E-state index is 11.3. The van der Waals surface area contributed by atoms with Gasteiger partial charge in [-0.25, -0.2) is 0 Å². The Morgan fingerprint density at radius 3 is 1.07 bits per heavy atom. The van der Waals surface area contributed by atoms with E-state index in [0.29, 0.717) is 76.4 Å². The Hall–Kier alpha value is -2.45. The fourth-order valence-electron chi connectivity index (χ4n) is 3.59. The van der Waals surface area contributed by atoms with Crippen molar-refractivity contribution in [3.63, 3.8) is 0 Å². The zero-order valence-electron chi connectivity index (χ0n) is 28.3. The number of hydrogen-bond acceptors (Lipinski definition) is 16. The van der Waals surface area contributed by atoms with E-state index in [-0.39, 0.29) is 57.2 Å². The van der Waals surface area contributed by atoms with Crippen molar-refractivity contribution in [1.82, 2.24) is 31.2 Å². The van der Waals surface area contributed by atoms with E-state index in [2.05, 4.69) is 131 Å².